The van der Waals surface area contributed by atoms with Crippen molar-refractivity contribution in [2.75, 3.05) is 11.9 Å². The van der Waals surface area contributed by atoms with Crippen LogP contribution in [0.1, 0.15) is 16.7 Å². The quantitative estimate of drug-likeness (QED) is 0.760. The highest BCUT2D eigenvalue weighted by Crippen LogP contribution is 2.23. The van der Waals surface area contributed by atoms with E-state index in [0.717, 1.165) is 13.0 Å². The van der Waals surface area contributed by atoms with Gasteiger partial charge in [-0.15, -0.1) is 0 Å². The van der Waals surface area contributed by atoms with Crippen molar-refractivity contribution in [1.82, 2.24) is 0 Å². The zero-order chi connectivity index (χ0) is 11.5. The number of fused-ring (bicyclic) bond motifs is 1. The van der Waals surface area contributed by atoms with Gasteiger partial charge >= 0.3 is 0 Å². The fourth-order valence-corrected chi connectivity index (χ4v) is 2.19. The number of rotatable bonds is 2. The van der Waals surface area contributed by atoms with Gasteiger partial charge in [-0.05, 0) is 35.2 Å². The Hall–Kier alpha value is -2.02. The molecule has 3 rings (SSSR count). The van der Waals surface area contributed by atoms with E-state index in [1.165, 1.54) is 22.4 Å². The van der Waals surface area contributed by atoms with Crippen molar-refractivity contribution in [2.24, 2.45) is 0 Å². The Labute approximate surface area is 102 Å². The van der Waals surface area contributed by atoms with Crippen molar-refractivity contribution in [2.45, 2.75) is 6.42 Å². The Morgan fingerprint density at radius 2 is 1.71 bits per heavy atom. The van der Waals surface area contributed by atoms with Crippen molar-refractivity contribution in [1.29, 1.82) is 0 Å². The standard InChI is InChI=1S/C16H15N/c1-2-4-13(5-3-1)6-7-14-8-9-16-15(12-14)10-11-17-16/h1-9,12,17H,10-11H2. The second-order valence-electron chi connectivity index (χ2n) is 4.34. The van der Waals surface area contributed by atoms with Crippen molar-refractivity contribution < 1.29 is 0 Å². The van der Waals surface area contributed by atoms with Gasteiger partial charge in [-0.1, -0.05) is 48.6 Å². The maximum Gasteiger partial charge on any atom is 0.0373 e. The molecule has 0 aromatic heterocycles. The Kier molecular flexibility index (Phi) is 2.66. The molecule has 0 aliphatic carbocycles. The number of anilines is 1. The summed E-state index contributed by atoms with van der Waals surface area (Å²) in [6.45, 7) is 1.07. The maximum atomic E-state index is 3.38. The summed E-state index contributed by atoms with van der Waals surface area (Å²) >= 11 is 0. The van der Waals surface area contributed by atoms with Crippen LogP contribution >= 0.6 is 0 Å². The van der Waals surface area contributed by atoms with E-state index in [4.69, 9.17) is 0 Å². The van der Waals surface area contributed by atoms with Gasteiger partial charge in [0.1, 0.15) is 0 Å². The Bertz CT molecular complexity index is 541. The molecule has 84 valence electrons. The van der Waals surface area contributed by atoms with E-state index in [-0.39, 0.29) is 0 Å². The Morgan fingerprint density at radius 3 is 2.59 bits per heavy atom. The molecule has 0 unspecified atom stereocenters. The first-order valence-corrected chi connectivity index (χ1v) is 6.02. The second-order valence-corrected chi connectivity index (χ2v) is 4.34. The molecule has 1 N–H and O–H groups in total. The molecule has 2 aromatic carbocycles. The van der Waals surface area contributed by atoms with Crippen LogP contribution in [-0.2, 0) is 6.42 Å². The van der Waals surface area contributed by atoms with E-state index in [0.29, 0.717) is 0 Å². The van der Waals surface area contributed by atoms with E-state index in [1.54, 1.807) is 0 Å². The zero-order valence-electron chi connectivity index (χ0n) is 9.69. The minimum absolute atomic E-state index is 1.07. The number of nitrogens with one attached hydrogen (secondary N) is 1. The van der Waals surface area contributed by atoms with Gasteiger partial charge in [-0.3, -0.25) is 0 Å². The van der Waals surface area contributed by atoms with Gasteiger partial charge in [0.05, 0.1) is 0 Å². The molecule has 0 spiro atoms. The summed E-state index contributed by atoms with van der Waals surface area (Å²) in [5.41, 5.74) is 5.24. The number of hydrogen-bond acceptors (Lipinski definition) is 1. The average molecular weight is 221 g/mol. The molecule has 0 saturated carbocycles. The smallest absolute Gasteiger partial charge is 0.0373 e. The van der Waals surface area contributed by atoms with Crippen LogP contribution in [0, 0.1) is 0 Å². The SMILES string of the molecule is C(=Cc1ccc2c(c1)CCN2)c1ccccc1. The highest BCUT2D eigenvalue weighted by atomic mass is 14.9. The lowest BCUT2D eigenvalue weighted by Gasteiger charge is -2.00. The molecule has 2 aromatic rings. The van der Waals surface area contributed by atoms with Crippen molar-refractivity contribution in [3.63, 3.8) is 0 Å². The van der Waals surface area contributed by atoms with Gasteiger partial charge in [-0.25, -0.2) is 0 Å². The molecule has 0 atom stereocenters. The largest absolute Gasteiger partial charge is 0.384 e. The maximum absolute atomic E-state index is 3.38. The zero-order valence-corrected chi connectivity index (χ0v) is 9.69. The number of hydrogen-bond donors (Lipinski definition) is 1. The fourth-order valence-electron chi connectivity index (χ4n) is 2.19. The lowest BCUT2D eigenvalue weighted by atomic mass is 10.1. The van der Waals surface area contributed by atoms with Crippen molar-refractivity contribution >= 4 is 17.8 Å². The van der Waals surface area contributed by atoms with Crippen LogP contribution in [0.15, 0.2) is 48.5 Å². The van der Waals surface area contributed by atoms with Gasteiger partial charge in [0.15, 0.2) is 0 Å². The molecular formula is C16H15N. The predicted octanol–water partition coefficient (Wildman–Crippen LogP) is 3.83. The molecule has 0 fully saturated rings. The van der Waals surface area contributed by atoms with Gasteiger partial charge in [0.2, 0.25) is 0 Å². The predicted molar refractivity (Wildman–Crippen MR) is 74.0 cm³/mol. The molecule has 0 radical (unpaired) electrons. The lowest BCUT2D eigenvalue weighted by Crippen LogP contribution is -1.90. The summed E-state index contributed by atoms with van der Waals surface area (Å²) in [6, 6.07) is 17.0. The van der Waals surface area contributed by atoms with E-state index < -0.39 is 0 Å². The van der Waals surface area contributed by atoms with Crippen LogP contribution in [-0.4, -0.2) is 6.54 Å². The van der Waals surface area contributed by atoms with Crippen LogP contribution in [0.5, 0.6) is 0 Å². The lowest BCUT2D eigenvalue weighted by molar-refractivity contribution is 1.11. The fraction of sp³-hybridized carbons (Fsp3) is 0.125. The molecule has 17 heavy (non-hydrogen) atoms. The summed E-state index contributed by atoms with van der Waals surface area (Å²) in [5.74, 6) is 0. The minimum Gasteiger partial charge on any atom is -0.384 e. The first-order valence-electron chi connectivity index (χ1n) is 6.02. The summed E-state index contributed by atoms with van der Waals surface area (Å²) in [4.78, 5) is 0. The summed E-state index contributed by atoms with van der Waals surface area (Å²) in [6.07, 6.45) is 5.47. The van der Waals surface area contributed by atoms with Crippen molar-refractivity contribution in [3.8, 4) is 0 Å². The Balaban J connectivity index is 1.84. The molecule has 1 aliphatic rings. The molecule has 0 bridgehead atoms. The minimum atomic E-state index is 1.07. The van der Waals surface area contributed by atoms with Gasteiger partial charge < -0.3 is 5.32 Å². The third kappa shape index (κ3) is 2.23. The Morgan fingerprint density at radius 1 is 0.882 bits per heavy atom. The van der Waals surface area contributed by atoms with Crippen LogP contribution in [0.2, 0.25) is 0 Å². The summed E-state index contributed by atoms with van der Waals surface area (Å²) < 4.78 is 0. The summed E-state index contributed by atoms with van der Waals surface area (Å²) in [7, 11) is 0. The van der Waals surface area contributed by atoms with E-state index in [1.807, 2.05) is 6.07 Å². The highest BCUT2D eigenvalue weighted by molar-refractivity contribution is 5.72. The topological polar surface area (TPSA) is 12.0 Å². The molecule has 1 nitrogen and oxygen atoms in total. The average Bonchev–Trinajstić information content (AvgIpc) is 2.85. The third-order valence-electron chi connectivity index (χ3n) is 3.11. The molecule has 1 heterocycles. The van der Waals surface area contributed by atoms with Crippen LogP contribution in [0.3, 0.4) is 0 Å². The summed E-state index contributed by atoms with van der Waals surface area (Å²) in [5, 5.41) is 3.38. The molecule has 0 amide bonds. The van der Waals surface area contributed by atoms with Gasteiger partial charge in [0, 0.05) is 12.2 Å². The number of benzene rings is 2. The van der Waals surface area contributed by atoms with Crippen LogP contribution in [0.25, 0.3) is 12.2 Å². The first-order chi connectivity index (χ1) is 8.42. The molecule has 0 saturated heterocycles. The highest BCUT2D eigenvalue weighted by Gasteiger charge is 2.08. The third-order valence-corrected chi connectivity index (χ3v) is 3.11. The first kappa shape index (κ1) is 10.2. The van der Waals surface area contributed by atoms with E-state index in [9.17, 15) is 0 Å². The normalized spacial score (nSPS) is 13.6. The van der Waals surface area contributed by atoms with Gasteiger partial charge in [0.25, 0.3) is 0 Å². The van der Waals surface area contributed by atoms with Crippen molar-refractivity contribution in [3.05, 3.63) is 65.2 Å². The molecular weight excluding hydrogens is 206 g/mol. The van der Waals surface area contributed by atoms with E-state index in [2.05, 4.69) is 59.9 Å². The van der Waals surface area contributed by atoms with E-state index >= 15 is 0 Å². The van der Waals surface area contributed by atoms with Crippen LogP contribution < -0.4 is 5.32 Å². The van der Waals surface area contributed by atoms with Crippen LogP contribution in [0.4, 0.5) is 5.69 Å². The molecule has 1 aliphatic heterocycles. The molecule has 1 heteroatoms. The second kappa shape index (κ2) is 4.46. The monoisotopic (exact) mass is 221 g/mol. The van der Waals surface area contributed by atoms with Gasteiger partial charge in [-0.2, -0.15) is 0 Å².